The van der Waals surface area contributed by atoms with Gasteiger partial charge in [-0.1, -0.05) is 12.1 Å². The molecule has 0 bridgehead atoms. The Bertz CT molecular complexity index is 410. The predicted molar refractivity (Wildman–Crippen MR) is 64.0 cm³/mol. The minimum Gasteiger partial charge on any atom is -0.360 e. The summed E-state index contributed by atoms with van der Waals surface area (Å²) in [7, 11) is 0. The third-order valence-corrected chi connectivity index (χ3v) is 3.58. The molecule has 0 radical (unpaired) electrons. The zero-order valence-electron chi connectivity index (χ0n) is 9.28. The van der Waals surface area contributed by atoms with E-state index in [0.717, 1.165) is 37.2 Å². The van der Waals surface area contributed by atoms with Gasteiger partial charge in [-0.05, 0) is 38.1 Å². The molecular weight excluding hydrogens is 200 g/mol. The molecule has 84 valence electrons. The van der Waals surface area contributed by atoms with Crippen molar-refractivity contribution >= 4 is 11.5 Å². The average Bonchev–Trinajstić information content (AvgIpc) is 2.69. The minimum absolute atomic E-state index is 0.272. The monoisotopic (exact) mass is 216 g/mol. The third kappa shape index (κ3) is 1.52. The molecule has 2 aliphatic heterocycles. The molecule has 2 heterocycles. The highest BCUT2D eigenvalue weighted by Crippen LogP contribution is 2.31. The number of nitrogens with zero attached hydrogens (tertiary/aromatic N) is 1. The normalized spacial score (nSPS) is 21.2. The number of piperidine rings is 1. The van der Waals surface area contributed by atoms with Crippen molar-refractivity contribution in [2.75, 3.05) is 24.5 Å². The fourth-order valence-corrected chi connectivity index (χ4v) is 2.73. The number of para-hydroxylation sites is 1. The van der Waals surface area contributed by atoms with Crippen LogP contribution in [-0.4, -0.2) is 31.5 Å². The number of carbonyl (C=O) groups is 1. The molecule has 1 aromatic rings. The van der Waals surface area contributed by atoms with Gasteiger partial charge in [-0.3, -0.25) is 4.79 Å². The second-order valence-corrected chi connectivity index (χ2v) is 4.55. The van der Waals surface area contributed by atoms with E-state index in [-0.39, 0.29) is 5.78 Å². The molecule has 1 fully saturated rings. The van der Waals surface area contributed by atoms with E-state index < -0.39 is 0 Å². The van der Waals surface area contributed by atoms with Crippen molar-refractivity contribution in [2.45, 2.75) is 18.9 Å². The van der Waals surface area contributed by atoms with Gasteiger partial charge in [0.05, 0.1) is 6.54 Å². The smallest absolute Gasteiger partial charge is 0.184 e. The molecule has 16 heavy (non-hydrogen) atoms. The van der Waals surface area contributed by atoms with Gasteiger partial charge in [0.25, 0.3) is 0 Å². The van der Waals surface area contributed by atoms with E-state index in [4.69, 9.17) is 0 Å². The van der Waals surface area contributed by atoms with Crippen LogP contribution in [0.15, 0.2) is 24.3 Å². The molecule has 1 saturated heterocycles. The zero-order valence-corrected chi connectivity index (χ0v) is 9.28. The molecule has 0 spiro atoms. The number of hydrogen-bond acceptors (Lipinski definition) is 3. The number of Topliss-reactive ketones (excluding diaryl/α,β-unsaturated/α-hetero) is 1. The Hall–Kier alpha value is -1.35. The molecule has 3 rings (SSSR count). The molecule has 1 aromatic carbocycles. The Kier molecular flexibility index (Phi) is 2.40. The van der Waals surface area contributed by atoms with Crippen LogP contribution in [0.5, 0.6) is 0 Å². The Morgan fingerprint density at radius 2 is 1.94 bits per heavy atom. The van der Waals surface area contributed by atoms with Crippen molar-refractivity contribution in [1.29, 1.82) is 0 Å². The lowest BCUT2D eigenvalue weighted by Gasteiger charge is -2.32. The van der Waals surface area contributed by atoms with Gasteiger partial charge < -0.3 is 10.2 Å². The number of anilines is 1. The van der Waals surface area contributed by atoms with Gasteiger partial charge >= 0.3 is 0 Å². The minimum atomic E-state index is 0.272. The molecule has 0 amide bonds. The second-order valence-electron chi connectivity index (χ2n) is 4.55. The van der Waals surface area contributed by atoms with E-state index in [1.165, 1.54) is 0 Å². The Morgan fingerprint density at radius 3 is 2.75 bits per heavy atom. The standard InChI is InChI=1S/C13H16N2O/c16-13-9-15(10-5-7-14-8-6-10)12-4-2-1-3-11(12)13/h1-4,10,14H,5-9H2. The van der Waals surface area contributed by atoms with Crippen LogP contribution in [0, 0.1) is 0 Å². The number of fused-ring (bicyclic) bond motifs is 1. The fraction of sp³-hybridized carbons (Fsp3) is 0.462. The van der Waals surface area contributed by atoms with E-state index in [0.29, 0.717) is 12.6 Å². The van der Waals surface area contributed by atoms with Gasteiger partial charge in [0.2, 0.25) is 0 Å². The van der Waals surface area contributed by atoms with E-state index in [9.17, 15) is 4.79 Å². The maximum absolute atomic E-state index is 11.9. The van der Waals surface area contributed by atoms with E-state index in [2.05, 4.69) is 16.3 Å². The van der Waals surface area contributed by atoms with E-state index >= 15 is 0 Å². The van der Waals surface area contributed by atoms with E-state index in [1.807, 2.05) is 18.2 Å². The fourth-order valence-electron chi connectivity index (χ4n) is 2.73. The molecule has 0 aromatic heterocycles. The van der Waals surface area contributed by atoms with Crippen LogP contribution in [0.25, 0.3) is 0 Å². The van der Waals surface area contributed by atoms with Gasteiger partial charge in [-0.2, -0.15) is 0 Å². The number of hydrogen-bond donors (Lipinski definition) is 1. The first-order chi connectivity index (χ1) is 7.86. The number of rotatable bonds is 1. The maximum Gasteiger partial charge on any atom is 0.184 e. The van der Waals surface area contributed by atoms with E-state index in [1.54, 1.807) is 0 Å². The van der Waals surface area contributed by atoms with Crippen LogP contribution in [-0.2, 0) is 0 Å². The van der Waals surface area contributed by atoms with Crippen LogP contribution in [0.3, 0.4) is 0 Å². The third-order valence-electron chi connectivity index (χ3n) is 3.58. The number of nitrogens with one attached hydrogen (secondary N) is 1. The van der Waals surface area contributed by atoms with Gasteiger partial charge in [-0.25, -0.2) is 0 Å². The maximum atomic E-state index is 11.9. The highest BCUT2D eigenvalue weighted by Gasteiger charge is 2.31. The van der Waals surface area contributed by atoms with Crippen LogP contribution >= 0.6 is 0 Å². The van der Waals surface area contributed by atoms with Crippen molar-refractivity contribution < 1.29 is 4.79 Å². The predicted octanol–water partition coefficient (Wildman–Crippen LogP) is 1.44. The summed E-state index contributed by atoms with van der Waals surface area (Å²) in [4.78, 5) is 14.2. The molecule has 0 unspecified atom stereocenters. The van der Waals surface area contributed by atoms with Crippen molar-refractivity contribution in [1.82, 2.24) is 5.32 Å². The summed E-state index contributed by atoms with van der Waals surface area (Å²) in [5.74, 6) is 0.272. The summed E-state index contributed by atoms with van der Waals surface area (Å²) >= 11 is 0. The lowest BCUT2D eigenvalue weighted by Crippen LogP contribution is -2.42. The summed E-state index contributed by atoms with van der Waals surface area (Å²) in [6, 6.07) is 8.52. The first-order valence-corrected chi connectivity index (χ1v) is 5.96. The number of ketones is 1. The van der Waals surface area contributed by atoms with Gasteiger partial charge in [0.15, 0.2) is 5.78 Å². The Morgan fingerprint density at radius 1 is 1.19 bits per heavy atom. The van der Waals surface area contributed by atoms with Crippen molar-refractivity contribution in [2.24, 2.45) is 0 Å². The SMILES string of the molecule is O=C1CN(C2CCNCC2)c2ccccc21. The van der Waals surface area contributed by atoms with Crippen LogP contribution < -0.4 is 10.2 Å². The molecule has 2 aliphatic rings. The zero-order chi connectivity index (χ0) is 11.0. The summed E-state index contributed by atoms with van der Waals surface area (Å²) in [6.07, 6.45) is 2.28. The summed E-state index contributed by atoms with van der Waals surface area (Å²) in [5.41, 5.74) is 2.04. The topological polar surface area (TPSA) is 32.3 Å². The lowest BCUT2D eigenvalue weighted by molar-refractivity contribution is 0.101. The first kappa shape index (κ1) is 9.85. The molecule has 0 saturated carbocycles. The summed E-state index contributed by atoms with van der Waals surface area (Å²) in [5, 5.41) is 3.36. The Balaban J connectivity index is 1.90. The van der Waals surface area contributed by atoms with Crippen molar-refractivity contribution in [3.8, 4) is 0 Å². The van der Waals surface area contributed by atoms with Crippen LogP contribution in [0.4, 0.5) is 5.69 Å². The van der Waals surface area contributed by atoms with Crippen LogP contribution in [0.1, 0.15) is 23.2 Å². The van der Waals surface area contributed by atoms with Crippen LogP contribution in [0.2, 0.25) is 0 Å². The van der Waals surface area contributed by atoms with Gasteiger partial charge in [0, 0.05) is 17.3 Å². The highest BCUT2D eigenvalue weighted by molar-refractivity contribution is 6.08. The highest BCUT2D eigenvalue weighted by atomic mass is 16.1. The molecule has 3 heteroatoms. The number of carbonyl (C=O) groups excluding carboxylic acids is 1. The molecule has 0 aliphatic carbocycles. The van der Waals surface area contributed by atoms with Crippen molar-refractivity contribution in [3.05, 3.63) is 29.8 Å². The lowest BCUT2D eigenvalue weighted by atomic mass is 10.0. The van der Waals surface area contributed by atoms with Gasteiger partial charge in [-0.15, -0.1) is 0 Å². The summed E-state index contributed by atoms with van der Waals surface area (Å²) in [6.45, 7) is 2.71. The van der Waals surface area contributed by atoms with Crippen molar-refractivity contribution in [3.63, 3.8) is 0 Å². The van der Waals surface area contributed by atoms with Gasteiger partial charge in [0.1, 0.15) is 0 Å². The average molecular weight is 216 g/mol. The largest absolute Gasteiger partial charge is 0.360 e. The molecular formula is C13H16N2O. The summed E-state index contributed by atoms with van der Waals surface area (Å²) < 4.78 is 0. The molecule has 3 nitrogen and oxygen atoms in total. The Labute approximate surface area is 95.4 Å². The molecule has 1 N–H and O–H groups in total. The quantitative estimate of drug-likeness (QED) is 0.771. The first-order valence-electron chi connectivity index (χ1n) is 5.96. The molecule has 0 atom stereocenters. The second kappa shape index (κ2) is 3.91. The number of benzene rings is 1.